The van der Waals surface area contributed by atoms with E-state index in [0.29, 0.717) is 24.3 Å². The van der Waals surface area contributed by atoms with E-state index in [2.05, 4.69) is 0 Å². The van der Waals surface area contributed by atoms with Gasteiger partial charge >= 0.3 is 0 Å². The number of hydrogen-bond donors (Lipinski definition) is 0. The summed E-state index contributed by atoms with van der Waals surface area (Å²) in [6.07, 6.45) is 10.5. The third kappa shape index (κ3) is 8.32. The van der Waals surface area contributed by atoms with Crippen LogP contribution in [0, 0.1) is 0 Å². The van der Waals surface area contributed by atoms with Crippen LogP contribution in [-0.4, -0.2) is 24.8 Å². The van der Waals surface area contributed by atoms with Crippen LogP contribution >= 0.6 is 0 Å². The first-order valence-corrected chi connectivity index (χ1v) is 12.3. The maximum atomic E-state index is 12.2. The Kier molecular flexibility index (Phi) is 9.59. The average molecular weight is 501 g/mol. The number of rotatable bonds is 12. The normalized spacial score (nSPS) is 11.3. The summed E-state index contributed by atoms with van der Waals surface area (Å²) in [5, 5.41) is 0. The molecule has 0 N–H and O–H groups in total. The maximum absolute atomic E-state index is 12.2. The summed E-state index contributed by atoms with van der Waals surface area (Å²) < 4.78 is 11.5. The van der Waals surface area contributed by atoms with Crippen molar-refractivity contribution in [2.45, 2.75) is 0 Å². The number of hydrogen-bond acceptors (Lipinski definition) is 4. The molecule has 0 aliphatic rings. The molecule has 38 heavy (non-hydrogen) atoms. The van der Waals surface area contributed by atoms with Crippen molar-refractivity contribution in [2.75, 3.05) is 13.2 Å². The molecule has 0 saturated heterocycles. The fourth-order valence-electron chi connectivity index (χ4n) is 3.52. The predicted octanol–water partition coefficient (Wildman–Crippen LogP) is 7.49. The monoisotopic (exact) mass is 500 g/mol. The Bertz CT molecular complexity index is 1290. The van der Waals surface area contributed by atoms with Crippen LogP contribution < -0.4 is 9.47 Å². The van der Waals surface area contributed by atoms with E-state index in [1.165, 1.54) is 0 Å². The first-order chi connectivity index (χ1) is 18.7. The van der Waals surface area contributed by atoms with E-state index in [1.807, 2.05) is 97.1 Å². The quantitative estimate of drug-likeness (QED) is 0.115. The summed E-state index contributed by atoms with van der Waals surface area (Å²) in [5.74, 6) is 1.44. The van der Waals surface area contributed by atoms with Gasteiger partial charge in [-0.1, -0.05) is 97.1 Å². The van der Waals surface area contributed by atoms with Gasteiger partial charge in [0.15, 0.2) is 11.6 Å². The molecule has 0 unspecified atom stereocenters. The highest BCUT2D eigenvalue weighted by Crippen LogP contribution is 2.15. The largest absolute Gasteiger partial charge is 0.490 e. The van der Waals surface area contributed by atoms with Gasteiger partial charge in [0.1, 0.15) is 24.7 Å². The highest BCUT2D eigenvalue weighted by molar-refractivity contribution is 6.07. The molecule has 0 aromatic heterocycles. The minimum absolute atomic E-state index is 0.0265. The lowest BCUT2D eigenvalue weighted by atomic mass is 10.1. The number of ketones is 2. The van der Waals surface area contributed by atoms with Crippen molar-refractivity contribution in [2.24, 2.45) is 0 Å². The van der Waals surface area contributed by atoms with Gasteiger partial charge in [-0.25, -0.2) is 0 Å². The van der Waals surface area contributed by atoms with Crippen molar-refractivity contribution in [3.63, 3.8) is 0 Å². The van der Waals surface area contributed by atoms with E-state index in [1.54, 1.807) is 48.6 Å². The summed E-state index contributed by atoms with van der Waals surface area (Å²) in [4.78, 5) is 24.3. The number of carbonyl (C=O) groups is 2. The molecule has 4 aromatic rings. The molecule has 4 rings (SSSR count). The molecule has 0 atom stereocenters. The summed E-state index contributed by atoms with van der Waals surface area (Å²) >= 11 is 0. The fourth-order valence-corrected chi connectivity index (χ4v) is 3.52. The summed E-state index contributed by atoms with van der Waals surface area (Å²) in [7, 11) is 0. The second-order valence-electron chi connectivity index (χ2n) is 8.36. The molecule has 0 radical (unpaired) electrons. The Labute approximate surface area is 223 Å². The second-order valence-corrected chi connectivity index (χ2v) is 8.36. The lowest BCUT2D eigenvalue weighted by Crippen LogP contribution is -1.97. The molecule has 4 heteroatoms. The van der Waals surface area contributed by atoms with Crippen LogP contribution in [-0.2, 0) is 0 Å². The molecule has 4 aromatic carbocycles. The van der Waals surface area contributed by atoms with Crippen molar-refractivity contribution in [3.05, 3.63) is 156 Å². The summed E-state index contributed by atoms with van der Waals surface area (Å²) in [6.45, 7) is 0.842. The number of carbonyl (C=O) groups excluding carboxylic acids is 2. The van der Waals surface area contributed by atoms with Crippen LogP contribution in [0.1, 0.15) is 31.8 Å². The topological polar surface area (TPSA) is 52.6 Å². The standard InChI is InChI=1S/C34H28O4/c35-33(29-9-3-1-4-10-29)23-17-27-13-19-31(20-14-27)37-25-7-8-26-38-32-21-15-28(16-22-32)18-24-34(36)30-11-5-2-6-12-30/h1-24H,25-26H2/b8-7+,23-17+,24-18+. The molecular formula is C34H28O4. The van der Waals surface area contributed by atoms with E-state index >= 15 is 0 Å². The molecular weight excluding hydrogens is 472 g/mol. The first kappa shape index (κ1) is 26.1. The van der Waals surface area contributed by atoms with Crippen LogP contribution in [0.3, 0.4) is 0 Å². The Hall–Kier alpha value is -4.96. The number of benzene rings is 4. The third-order valence-corrected chi connectivity index (χ3v) is 5.59. The van der Waals surface area contributed by atoms with Gasteiger partial charge in [0.05, 0.1) is 0 Å². The zero-order valence-corrected chi connectivity index (χ0v) is 20.9. The Morgan fingerprint density at radius 2 is 0.868 bits per heavy atom. The number of ether oxygens (including phenoxy) is 2. The molecule has 0 aliphatic heterocycles. The molecule has 188 valence electrons. The minimum Gasteiger partial charge on any atom is -0.490 e. The zero-order chi connectivity index (χ0) is 26.4. The number of allylic oxidation sites excluding steroid dienone is 2. The lowest BCUT2D eigenvalue weighted by Gasteiger charge is -2.05. The lowest BCUT2D eigenvalue weighted by molar-refractivity contribution is 0.103. The smallest absolute Gasteiger partial charge is 0.185 e. The summed E-state index contributed by atoms with van der Waals surface area (Å²) in [5.41, 5.74) is 3.19. The molecule has 0 heterocycles. The van der Waals surface area contributed by atoms with Crippen molar-refractivity contribution in [3.8, 4) is 11.5 Å². The van der Waals surface area contributed by atoms with Crippen LogP contribution in [0.4, 0.5) is 0 Å². The average Bonchev–Trinajstić information content (AvgIpc) is 2.98. The van der Waals surface area contributed by atoms with Crippen molar-refractivity contribution >= 4 is 23.7 Å². The van der Waals surface area contributed by atoms with Crippen molar-refractivity contribution in [1.82, 2.24) is 0 Å². The van der Waals surface area contributed by atoms with Crippen molar-refractivity contribution in [1.29, 1.82) is 0 Å². The predicted molar refractivity (Wildman–Crippen MR) is 153 cm³/mol. The SMILES string of the molecule is O=C(/C=C/c1ccc(OC/C=C/COc2ccc(/C=C/C(=O)c3ccccc3)cc2)cc1)c1ccccc1. The van der Waals surface area contributed by atoms with E-state index in [-0.39, 0.29) is 11.6 Å². The van der Waals surface area contributed by atoms with Crippen LogP contribution in [0.5, 0.6) is 11.5 Å². The highest BCUT2D eigenvalue weighted by Gasteiger charge is 2.01. The van der Waals surface area contributed by atoms with Crippen LogP contribution in [0.15, 0.2) is 133 Å². The Morgan fingerprint density at radius 1 is 0.500 bits per heavy atom. The molecule has 0 aliphatic carbocycles. The van der Waals surface area contributed by atoms with Gasteiger partial charge in [0.25, 0.3) is 0 Å². The van der Waals surface area contributed by atoms with Crippen LogP contribution in [0.25, 0.3) is 12.2 Å². The van der Waals surface area contributed by atoms with Gasteiger partial charge < -0.3 is 9.47 Å². The van der Waals surface area contributed by atoms with E-state index in [9.17, 15) is 9.59 Å². The van der Waals surface area contributed by atoms with Gasteiger partial charge in [-0.3, -0.25) is 9.59 Å². The zero-order valence-electron chi connectivity index (χ0n) is 20.9. The molecule has 0 spiro atoms. The van der Waals surface area contributed by atoms with Crippen molar-refractivity contribution < 1.29 is 19.1 Å². The van der Waals surface area contributed by atoms with Gasteiger partial charge in [-0.2, -0.15) is 0 Å². The second kappa shape index (κ2) is 14.0. The van der Waals surface area contributed by atoms with Crippen LogP contribution in [0.2, 0.25) is 0 Å². The molecule has 0 bridgehead atoms. The Balaban J connectivity index is 1.15. The van der Waals surface area contributed by atoms with E-state index in [0.717, 1.165) is 22.6 Å². The maximum Gasteiger partial charge on any atom is 0.185 e. The van der Waals surface area contributed by atoms with Gasteiger partial charge in [-0.05, 0) is 59.7 Å². The van der Waals surface area contributed by atoms with E-state index < -0.39 is 0 Å². The Morgan fingerprint density at radius 3 is 1.24 bits per heavy atom. The first-order valence-electron chi connectivity index (χ1n) is 12.3. The third-order valence-electron chi connectivity index (χ3n) is 5.59. The van der Waals surface area contributed by atoms with Gasteiger partial charge in [-0.15, -0.1) is 0 Å². The molecule has 0 amide bonds. The molecule has 0 fully saturated rings. The molecule has 4 nitrogen and oxygen atoms in total. The van der Waals surface area contributed by atoms with Gasteiger partial charge in [0.2, 0.25) is 0 Å². The van der Waals surface area contributed by atoms with Gasteiger partial charge in [0, 0.05) is 11.1 Å². The fraction of sp³-hybridized carbons (Fsp3) is 0.0588. The molecule has 0 saturated carbocycles. The summed E-state index contributed by atoms with van der Waals surface area (Å²) in [6, 6.07) is 33.5. The highest BCUT2D eigenvalue weighted by atomic mass is 16.5. The van der Waals surface area contributed by atoms with E-state index in [4.69, 9.17) is 9.47 Å². The minimum atomic E-state index is -0.0265.